The molecule has 1 amide bonds. The first-order valence-electron chi connectivity index (χ1n) is 7.05. The number of aliphatic carboxylic acids is 1. The molecule has 19 heavy (non-hydrogen) atoms. The van der Waals surface area contributed by atoms with Crippen molar-refractivity contribution >= 4 is 11.9 Å². The predicted molar refractivity (Wildman–Crippen MR) is 70.9 cm³/mol. The summed E-state index contributed by atoms with van der Waals surface area (Å²) >= 11 is 0. The van der Waals surface area contributed by atoms with E-state index in [0.717, 1.165) is 13.1 Å². The van der Waals surface area contributed by atoms with Crippen LogP contribution in [0.3, 0.4) is 0 Å². The van der Waals surface area contributed by atoms with Gasteiger partial charge in [0, 0.05) is 26.2 Å². The Balaban J connectivity index is 1.76. The predicted octanol–water partition coefficient (Wildman–Crippen LogP) is -0.300. The minimum atomic E-state index is -0.795. The van der Waals surface area contributed by atoms with Crippen molar-refractivity contribution in [2.24, 2.45) is 0 Å². The molecule has 0 aromatic carbocycles. The van der Waals surface area contributed by atoms with Crippen molar-refractivity contribution in [3.05, 3.63) is 0 Å². The van der Waals surface area contributed by atoms with Crippen molar-refractivity contribution in [1.29, 1.82) is 0 Å². The Bertz CT molecular complexity index is 334. The summed E-state index contributed by atoms with van der Waals surface area (Å²) in [5.41, 5.74) is 0. The van der Waals surface area contributed by atoms with Gasteiger partial charge in [-0.15, -0.1) is 0 Å². The average Bonchev–Trinajstić information content (AvgIpc) is 2.90. The van der Waals surface area contributed by atoms with E-state index in [1.54, 1.807) is 6.92 Å². The Morgan fingerprint density at radius 1 is 1.05 bits per heavy atom. The third kappa shape index (κ3) is 3.67. The Morgan fingerprint density at radius 3 is 2.16 bits per heavy atom. The fraction of sp³-hybridized carbons (Fsp3) is 0.846. The van der Waals surface area contributed by atoms with Gasteiger partial charge in [-0.05, 0) is 32.9 Å². The molecule has 2 rings (SSSR count). The van der Waals surface area contributed by atoms with Gasteiger partial charge in [-0.1, -0.05) is 0 Å². The van der Waals surface area contributed by atoms with Gasteiger partial charge in [0.05, 0.1) is 6.54 Å². The number of carboxylic acid groups (broad SMARTS) is 1. The number of hydrogen-bond donors (Lipinski definition) is 1. The van der Waals surface area contributed by atoms with Crippen molar-refractivity contribution in [1.82, 2.24) is 14.7 Å². The Labute approximate surface area is 114 Å². The summed E-state index contributed by atoms with van der Waals surface area (Å²) < 4.78 is 0. The first-order chi connectivity index (χ1) is 9.08. The second-order valence-electron chi connectivity index (χ2n) is 5.41. The minimum Gasteiger partial charge on any atom is -0.480 e. The van der Waals surface area contributed by atoms with Crippen LogP contribution in [0.4, 0.5) is 0 Å². The van der Waals surface area contributed by atoms with Crippen LogP contribution in [0, 0.1) is 0 Å². The van der Waals surface area contributed by atoms with Crippen molar-refractivity contribution in [3.63, 3.8) is 0 Å². The smallest absolute Gasteiger partial charge is 0.320 e. The molecule has 0 aromatic rings. The van der Waals surface area contributed by atoms with Crippen LogP contribution in [0.5, 0.6) is 0 Å². The fourth-order valence-electron chi connectivity index (χ4n) is 2.75. The quantitative estimate of drug-likeness (QED) is 0.759. The van der Waals surface area contributed by atoms with Crippen molar-refractivity contribution in [2.45, 2.75) is 25.8 Å². The van der Waals surface area contributed by atoms with E-state index in [1.165, 1.54) is 12.8 Å². The van der Waals surface area contributed by atoms with E-state index in [1.807, 2.05) is 9.80 Å². The number of carbonyl (C=O) groups is 2. The van der Waals surface area contributed by atoms with Gasteiger partial charge in [0.25, 0.3) is 0 Å². The summed E-state index contributed by atoms with van der Waals surface area (Å²) in [5.74, 6) is -0.610. The lowest BCUT2D eigenvalue weighted by molar-refractivity contribution is -0.144. The standard InChI is InChI=1S/C13H23N3O3/c1-11(13(18)19)15-6-8-16(9-7-15)12(17)10-14-4-2-3-5-14/h11H,2-10H2,1H3,(H,18,19)/t11-/m1/s1. The van der Waals surface area contributed by atoms with Crippen molar-refractivity contribution in [3.8, 4) is 0 Å². The van der Waals surface area contributed by atoms with Gasteiger partial charge in [0.2, 0.25) is 5.91 Å². The van der Waals surface area contributed by atoms with E-state index in [-0.39, 0.29) is 5.91 Å². The highest BCUT2D eigenvalue weighted by molar-refractivity contribution is 5.78. The molecule has 0 radical (unpaired) electrons. The van der Waals surface area contributed by atoms with Crippen LogP contribution >= 0.6 is 0 Å². The van der Waals surface area contributed by atoms with Gasteiger partial charge in [0.1, 0.15) is 6.04 Å². The highest BCUT2D eigenvalue weighted by Crippen LogP contribution is 2.10. The molecular weight excluding hydrogens is 246 g/mol. The van der Waals surface area contributed by atoms with Gasteiger partial charge >= 0.3 is 5.97 Å². The van der Waals surface area contributed by atoms with Crippen LogP contribution < -0.4 is 0 Å². The van der Waals surface area contributed by atoms with Crippen LogP contribution in [-0.4, -0.2) is 83.5 Å². The molecule has 2 aliphatic heterocycles. The summed E-state index contributed by atoms with van der Waals surface area (Å²) in [6, 6.07) is -0.462. The number of piperazine rings is 1. The van der Waals surface area contributed by atoms with Crippen LogP contribution in [-0.2, 0) is 9.59 Å². The zero-order valence-electron chi connectivity index (χ0n) is 11.5. The SMILES string of the molecule is C[C@H](C(=O)O)N1CCN(C(=O)CN2CCCC2)CC1. The van der Waals surface area contributed by atoms with E-state index in [0.29, 0.717) is 32.7 Å². The highest BCUT2D eigenvalue weighted by Gasteiger charge is 2.28. The van der Waals surface area contributed by atoms with E-state index in [9.17, 15) is 9.59 Å². The Morgan fingerprint density at radius 2 is 1.63 bits per heavy atom. The third-order valence-electron chi connectivity index (χ3n) is 4.13. The molecule has 0 bridgehead atoms. The molecule has 2 saturated heterocycles. The second kappa shape index (κ2) is 6.34. The number of carboxylic acids is 1. The van der Waals surface area contributed by atoms with Crippen LogP contribution in [0.15, 0.2) is 0 Å². The molecule has 2 fully saturated rings. The van der Waals surface area contributed by atoms with Crippen LogP contribution in [0.2, 0.25) is 0 Å². The molecule has 108 valence electrons. The molecule has 0 aliphatic carbocycles. The summed E-state index contributed by atoms with van der Waals surface area (Å²) in [6.07, 6.45) is 2.38. The maximum atomic E-state index is 12.1. The molecule has 1 N–H and O–H groups in total. The molecule has 1 atom stereocenters. The zero-order chi connectivity index (χ0) is 13.8. The first-order valence-corrected chi connectivity index (χ1v) is 7.05. The van der Waals surface area contributed by atoms with Gasteiger partial charge in [-0.25, -0.2) is 0 Å². The van der Waals surface area contributed by atoms with E-state index < -0.39 is 12.0 Å². The Hall–Kier alpha value is -1.14. The van der Waals surface area contributed by atoms with Gasteiger partial charge in [-0.2, -0.15) is 0 Å². The highest BCUT2D eigenvalue weighted by atomic mass is 16.4. The van der Waals surface area contributed by atoms with Gasteiger partial charge < -0.3 is 10.0 Å². The third-order valence-corrected chi connectivity index (χ3v) is 4.13. The molecule has 0 spiro atoms. The summed E-state index contributed by atoms with van der Waals surface area (Å²) in [5, 5.41) is 8.97. The molecule has 0 aromatic heterocycles. The normalized spacial score (nSPS) is 23.5. The number of amides is 1. The van der Waals surface area contributed by atoms with Crippen LogP contribution in [0.25, 0.3) is 0 Å². The number of carbonyl (C=O) groups excluding carboxylic acids is 1. The Kier molecular flexibility index (Phi) is 4.76. The lowest BCUT2D eigenvalue weighted by Crippen LogP contribution is -2.54. The molecule has 2 aliphatic rings. The lowest BCUT2D eigenvalue weighted by atomic mass is 10.2. The second-order valence-corrected chi connectivity index (χ2v) is 5.41. The van der Waals surface area contributed by atoms with Crippen LogP contribution in [0.1, 0.15) is 19.8 Å². The van der Waals surface area contributed by atoms with E-state index in [2.05, 4.69) is 4.90 Å². The number of hydrogen-bond acceptors (Lipinski definition) is 4. The summed E-state index contributed by atoms with van der Waals surface area (Å²) in [7, 11) is 0. The number of rotatable bonds is 4. The monoisotopic (exact) mass is 269 g/mol. The summed E-state index contributed by atoms with van der Waals surface area (Å²) in [4.78, 5) is 29.0. The fourth-order valence-corrected chi connectivity index (χ4v) is 2.75. The molecule has 6 nitrogen and oxygen atoms in total. The van der Waals surface area contributed by atoms with Crippen molar-refractivity contribution < 1.29 is 14.7 Å². The average molecular weight is 269 g/mol. The molecule has 2 heterocycles. The largest absolute Gasteiger partial charge is 0.480 e. The zero-order valence-corrected chi connectivity index (χ0v) is 11.5. The van der Waals surface area contributed by atoms with Crippen molar-refractivity contribution in [2.75, 3.05) is 45.8 Å². The minimum absolute atomic E-state index is 0.185. The maximum Gasteiger partial charge on any atom is 0.320 e. The summed E-state index contributed by atoms with van der Waals surface area (Å²) in [6.45, 7) is 6.87. The molecule has 0 saturated carbocycles. The first kappa shape index (κ1) is 14.3. The van der Waals surface area contributed by atoms with E-state index >= 15 is 0 Å². The number of nitrogens with zero attached hydrogens (tertiary/aromatic N) is 3. The topological polar surface area (TPSA) is 64.1 Å². The molecule has 6 heteroatoms. The van der Waals surface area contributed by atoms with Gasteiger partial charge in [-0.3, -0.25) is 19.4 Å². The van der Waals surface area contributed by atoms with Gasteiger partial charge in [0.15, 0.2) is 0 Å². The molecular formula is C13H23N3O3. The lowest BCUT2D eigenvalue weighted by Gasteiger charge is -2.37. The number of likely N-dealkylation sites (tertiary alicyclic amines) is 1. The maximum absolute atomic E-state index is 12.1. The molecule has 0 unspecified atom stereocenters. The van der Waals surface area contributed by atoms with E-state index in [4.69, 9.17) is 5.11 Å².